The normalized spacial score (nSPS) is 18.2. The lowest BCUT2D eigenvalue weighted by Crippen LogP contribution is -2.36. The van der Waals surface area contributed by atoms with Gasteiger partial charge in [-0.2, -0.15) is 4.98 Å². The van der Waals surface area contributed by atoms with E-state index in [1.165, 1.54) is 6.20 Å². The topological polar surface area (TPSA) is 155 Å². The van der Waals surface area contributed by atoms with E-state index in [1.807, 2.05) is 18.2 Å². The molecule has 1 saturated carbocycles. The van der Waals surface area contributed by atoms with Gasteiger partial charge in [0, 0.05) is 24.7 Å². The van der Waals surface area contributed by atoms with Crippen LogP contribution in [0.3, 0.4) is 0 Å². The number of nitrogens with one attached hydrogen (secondary N) is 4. The molecule has 2 atom stereocenters. The van der Waals surface area contributed by atoms with E-state index in [0.717, 1.165) is 31.2 Å². The molecule has 1 fully saturated rings. The molecule has 0 spiro atoms. The van der Waals surface area contributed by atoms with Gasteiger partial charge >= 0.3 is 5.69 Å². The van der Waals surface area contributed by atoms with E-state index in [0.29, 0.717) is 42.4 Å². The highest BCUT2D eigenvalue weighted by molar-refractivity contribution is 6.31. The number of hydrogen-bond donors (Lipinski definition) is 5. The zero-order valence-corrected chi connectivity index (χ0v) is 17.9. The Morgan fingerprint density at radius 3 is 2.71 bits per heavy atom. The Balaban J connectivity index is 1.62. The monoisotopic (exact) mass is 446 g/mol. The molecule has 166 valence electrons. The fourth-order valence-electron chi connectivity index (χ4n) is 3.81. The fourth-order valence-corrected chi connectivity index (χ4v) is 4.01. The lowest BCUT2D eigenvalue weighted by atomic mass is 9.81. The Kier molecular flexibility index (Phi) is 7.82. The molecule has 1 aromatic carbocycles. The van der Waals surface area contributed by atoms with E-state index in [4.69, 9.17) is 22.7 Å². The van der Waals surface area contributed by atoms with Gasteiger partial charge in [0.2, 0.25) is 11.8 Å². The summed E-state index contributed by atoms with van der Waals surface area (Å²) in [6.07, 6.45) is 5.38. The molecule has 6 N–H and O–H groups in total. The van der Waals surface area contributed by atoms with Crippen LogP contribution in [0.2, 0.25) is 5.02 Å². The number of rotatable bonds is 9. The average Bonchev–Trinajstić information content (AvgIpc) is 2.76. The molecule has 0 amide bonds. The van der Waals surface area contributed by atoms with Gasteiger partial charge in [-0.15, -0.1) is 0 Å². The summed E-state index contributed by atoms with van der Waals surface area (Å²) in [4.78, 5) is 19.3. The van der Waals surface area contributed by atoms with E-state index in [9.17, 15) is 10.1 Å². The zero-order valence-electron chi connectivity index (χ0n) is 17.1. The molecule has 0 bridgehead atoms. The molecule has 11 heteroatoms. The summed E-state index contributed by atoms with van der Waals surface area (Å²) in [5, 5.41) is 28.5. The van der Waals surface area contributed by atoms with Gasteiger partial charge in [-0.25, -0.2) is 4.98 Å². The van der Waals surface area contributed by atoms with Crippen LogP contribution in [0.4, 0.5) is 17.5 Å². The second-order valence-corrected chi connectivity index (χ2v) is 8.11. The summed E-state index contributed by atoms with van der Waals surface area (Å²) in [5.41, 5.74) is 6.10. The van der Waals surface area contributed by atoms with Gasteiger partial charge in [-0.3, -0.25) is 15.5 Å². The number of nitro groups is 1. The number of aromatic nitrogens is 2. The summed E-state index contributed by atoms with van der Waals surface area (Å²) >= 11 is 6.17. The first kappa shape index (κ1) is 22.5. The molecule has 1 heterocycles. The van der Waals surface area contributed by atoms with Crippen LogP contribution in [-0.4, -0.2) is 33.9 Å². The maximum atomic E-state index is 11.4. The Hall–Kier alpha value is -3.14. The number of hydrogen-bond acceptors (Lipinski definition) is 7. The van der Waals surface area contributed by atoms with Crippen LogP contribution in [-0.2, 0) is 6.54 Å². The molecular formula is C20H27ClN8O2. The van der Waals surface area contributed by atoms with Crippen molar-refractivity contribution in [1.29, 1.82) is 5.41 Å². The molecule has 2 unspecified atom stereocenters. The minimum atomic E-state index is -0.485. The maximum Gasteiger partial charge on any atom is 0.329 e. The highest BCUT2D eigenvalue weighted by atomic mass is 35.5. The first-order valence-electron chi connectivity index (χ1n) is 10.2. The quantitative estimate of drug-likeness (QED) is 0.170. The van der Waals surface area contributed by atoms with Gasteiger partial charge in [0.1, 0.15) is 6.20 Å². The number of anilines is 2. The molecule has 1 aliphatic rings. The van der Waals surface area contributed by atoms with E-state index >= 15 is 0 Å². The molecule has 1 aromatic heterocycles. The van der Waals surface area contributed by atoms with Gasteiger partial charge in [0.25, 0.3) is 0 Å². The second-order valence-electron chi connectivity index (χ2n) is 7.70. The van der Waals surface area contributed by atoms with Crippen LogP contribution < -0.4 is 21.7 Å². The third kappa shape index (κ3) is 6.68. The number of benzene rings is 1. The first-order chi connectivity index (χ1) is 14.9. The molecular weight excluding hydrogens is 420 g/mol. The van der Waals surface area contributed by atoms with Crippen molar-refractivity contribution in [2.75, 3.05) is 23.7 Å². The van der Waals surface area contributed by atoms with Crippen LogP contribution in [0.1, 0.15) is 31.2 Å². The van der Waals surface area contributed by atoms with Crippen molar-refractivity contribution in [2.24, 2.45) is 17.6 Å². The van der Waals surface area contributed by atoms with E-state index in [2.05, 4.69) is 25.9 Å². The lowest BCUT2D eigenvalue weighted by Gasteiger charge is -2.29. The van der Waals surface area contributed by atoms with E-state index < -0.39 is 4.92 Å². The summed E-state index contributed by atoms with van der Waals surface area (Å²) in [6.45, 7) is 1.67. The molecule has 0 aliphatic heterocycles. The number of guanidine groups is 1. The predicted octanol–water partition coefficient (Wildman–Crippen LogP) is 3.35. The zero-order chi connectivity index (χ0) is 22.2. The van der Waals surface area contributed by atoms with Crippen molar-refractivity contribution in [3.63, 3.8) is 0 Å². The minimum Gasteiger partial charge on any atom is -0.370 e. The molecule has 3 rings (SSSR count). The van der Waals surface area contributed by atoms with E-state index in [-0.39, 0.29) is 17.5 Å². The van der Waals surface area contributed by atoms with Gasteiger partial charge in [0.15, 0.2) is 5.96 Å². The summed E-state index contributed by atoms with van der Waals surface area (Å²) in [7, 11) is 0. The van der Waals surface area contributed by atoms with Gasteiger partial charge < -0.3 is 21.7 Å². The van der Waals surface area contributed by atoms with Crippen LogP contribution in [0, 0.1) is 27.4 Å². The predicted molar refractivity (Wildman–Crippen MR) is 121 cm³/mol. The molecule has 1 aliphatic carbocycles. The highest BCUT2D eigenvalue weighted by Gasteiger charge is 2.24. The first-order valence-corrected chi connectivity index (χ1v) is 10.6. The second kappa shape index (κ2) is 10.8. The van der Waals surface area contributed by atoms with Crippen molar-refractivity contribution >= 4 is 35.0 Å². The van der Waals surface area contributed by atoms with Crippen molar-refractivity contribution in [2.45, 2.75) is 32.2 Å². The third-order valence-electron chi connectivity index (χ3n) is 5.39. The SMILES string of the molecule is N=C(N)NCC1CCCC(CNc2nc(NCc3ccccc3Cl)ncc2[N+](=O)[O-])C1. The van der Waals surface area contributed by atoms with Crippen LogP contribution in [0.5, 0.6) is 0 Å². The van der Waals surface area contributed by atoms with Gasteiger partial charge in [0.05, 0.1) is 4.92 Å². The van der Waals surface area contributed by atoms with Crippen molar-refractivity contribution < 1.29 is 4.92 Å². The van der Waals surface area contributed by atoms with Crippen LogP contribution in [0.15, 0.2) is 30.5 Å². The Labute approximate surface area is 185 Å². The minimum absolute atomic E-state index is 0.0197. The molecule has 2 aromatic rings. The van der Waals surface area contributed by atoms with Crippen molar-refractivity contribution in [3.05, 3.63) is 51.2 Å². The molecule has 10 nitrogen and oxygen atoms in total. The van der Waals surface area contributed by atoms with E-state index in [1.54, 1.807) is 6.07 Å². The molecule has 0 saturated heterocycles. The number of halogens is 1. The Morgan fingerprint density at radius 2 is 2.00 bits per heavy atom. The fraction of sp³-hybridized carbons (Fsp3) is 0.450. The smallest absolute Gasteiger partial charge is 0.329 e. The number of nitrogens with zero attached hydrogens (tertiary/aromatic N) is 3. The molecule has 31 heavy (non-hydrogen) atoms. The third-order valence-corrected chi connectivity index (χ3v) is 5.76. The highest BCUT2D eigenvalue weighted by Crippen LogP contribution is 2.30. The molecule has 0 radical (unpaired) electrons. The number of nitrogens with two attached hydrogens (primary N) is 1. The standard InChI is InChI=1S/C20H27ClN8O2/c21-16-7-2-1-6-15(16)11-26-20-27-12-17(29(30)31)18(28-20)24-9-13-4-3-5-14(8-13)10-25-19(22)23/h1-2,6-7,12-14H,3-5,8-11H2,(H4,22,23,25)(H2,24,26,27,28). The van der Waals surface area contributed by atoms with Crippen LogP contribution >= 0.6 is 11.6 Å². The summed E-state index contributed by atoms with van der Waals surface area (Å²) in [5.74, 6) is 1.26. The summed E-state index contributed by atoms with van der Waals surface area (Å²) in [6, 6.07) is 7.42. The van der Waals surface area contributed by atoms with Crippen LogP contribution in [0.25, 0.3) is 0 Å². The van der Waals surface area contributed by atoms with Crippen molar-refractivity contribution in [1.82, 2.24) is 15.3 Å². The van der Waals surface area contributed by atoms with Crippen molar-refractivity contribution in [3.8, 4) is 0 Å². The Morgan fingerprint density at radius 1 is 1.26 bits per heavy atom. The lowest BCUT2D eigenvalue weighted by molar-refractivity contribution is -0.384. The maximum absolute atomic E-state index is 11.4. The largest absolute Gasteiger partial charge is 0.370 e. The van der Waals surface area contributed by atoms with Gasteiger partial charge in [-0.1, -0.05) is 36.2 Å². The Bertz CT molecular complexity index is 926. The average molecular weight is 447 g/mol. The summed E-state index contributed by atoms with van der Waals surface area (Å²) < 4.78 is 0. The van der Waals surface area contributed by atoms with Gasteiger partial charge in [-0.05, 0) is 42.7 Å².